The Labute approximate surface area is 222 Å². The number of hydrogen-bond donors (Lipinski definition) is 2. The van der Waals surface area contributed by atoms with E-state index >= 15 is 0 Å². The van der Waals surface area contributed by atoms with Gasteiger partial charge in [-0.15, -0.1) is 11.3 Å². The largest absolute Gasteiger partial charge is 0.383 e. The molecule has 0 saturated carbocycles. The zero-order valence-corrected chi connectivity index (χ0v) is 22.7. The van der Waals surface area contributed by atoms with Crippen molar-refractivity contribution in [3.8, 4) is 0 Å². The van der Waals surface area contributed by atoms with Gasteiger partial charge < -0.3 is 20.9 Å². The lowest BCUT2D eigenvalue weighted by Gasteiger charge is -2.38. The summed E-state index contributed by atoms with van der Waals surface area (Å²) in [5.74, 6) is 0.0819. The predicted octanol–water partition coefficient (Wildman–Crippen LogP) is 4.58. The summed E-state index contributed by atoms with van der Waals surface area (Å²) in [5, 5.41) is 3.94. The number of nitrogen functional groups attached to an aromatic ring is 1. The number of pyridine rings is 1. The topological polar surface area (TPSA) is 104 Å². The number of carbonyl (C=O) groups excluding carboxylic acids is 2. The van der Waals surface area contributed by atoms with Crippen molar-refractivity contribution in [1.82, 2.24) is 19.8 Å². The molecule has 2 fully saturated rings. The molecular formula is C28H36N6O2S. The number of carbonyl (C=O) groups is 2. The molecule has 4 heterocycles. The first-order chi connectivity index (χ1) is 17.8. The van der Waals surface area contributed by atoms with Crippen LogP contribution in [0.1, 0.15) is 67.6 Å². The number of hydrogen-bond acceptors (Lipinski definition) is 7. The fourth-order valence-corrected chi connectivity index (χ4v) is 6.70. The number of nitrogens with zero attached hydrogens (tertiary/aromatic N) is 4. The molecule has 5 rings (SSSR count). The second-order valence-electron chi connectivity index (χ2n) is 10.6. The standard InChI is InChI=1S/C28H36N6O2S/c1-4-18-12-21(14-30-25(18)29)31-26(35)28(36)34-15-17(2)7-9-23(34)19-8-10-24-22(13-19)32-27(37-24)20-6-5-11-33(3)16-20/h8,10,12-14,17,20,23H,4-7,9,11,15-16H2,1-3H3,(H2,29,30)(H,31,35)/t17-,20?,23+/m0/s1. The fourth-order valence-electron chi connectivity index (χ4n) is 5.62. The van der Waals surface area contributed by atoms with E-state index in [1.165, 1.54) is 28.7 Å². The van der Waals surface area contributed by atoms with E-state index in [0.717, 1.165) is 42.6 Å². The average molecular weight is 521 g/mol. The average Bonchev–Trinajstić information content (AvgIpc) is 3.33. The molecule has 2 aliphatic heterocycles. The Balaban J connectivity index is 1.36. The van der Waals surface area contributed by atoms with Gasteiger partial charge in [0.05, 0.1) is 33.2 Å². The van der Waals surface area contributed by atoms with E-state index in [1.54, 1.807) is 22.3 Å². The third-order valence-corrected chi connectivity index (χ3v) is 8.90. The summed E-state index contributed by atoms with van der Waals surface area (Å²) in [7, 11) is 2.18. The van der Waals surface area contributed by atoms with Crippen LogP contribution in [0, 0.1) is 5.92 Å². The molecule has 2 amide bonds. The summed E-state index contributed by atoms with van der Waals surface area (Å²) in [6.07, 6.45) is 6.40. The number of thiazole rings is 1. The van der Waals surface area contributed by atoms with Gasteiger partial charge in [0.25, 0.3) is 0 Å². The minimum absolute atomic E-state index is 0.152. The molecule has 3 atom stereocenters. The van der Waals surface area contributed by atoms with E-state index in [-0.39, 0.29) is 6.04 Å². The molecule has 2 aliphatic rings. The third kappa shape index (κ3) is 5.48. The molecule has 2 saturated heterocycles. The summed E-state index contributed by atoms with van der Waals surface area (Å²) in [6.45, 7) is 6.85. The van der Waals surface area contributed by atoms with Crippen LogP contribution < -0.4 is 11.1 Å². The van der Waals surface area contributed by atoms with Gasteiger partial charge in [-0.25, -0.2) is 9.97 Å². The molecule has 1 unspecified atom stereocenters. The summed E-state index contributed by atoms with van der Waals surface area (Å²) in [6, 6.07) is 7.99. The number of aromatic nitrogens is 2. The van der Waals surface area contributed by atoms with Crippen molar-refractivity contribution in [3.05, 3.63) is 46.6 Å². The van der Waals surface area contributed by atoms with E-state index in [4.69, 9.17) is 10.7 Å². The SMILES string of the molecule is CCc1cc(NC(=O)C(=O)N2C[C@@H](C)CC[C@@H]2c2ccc3sc(C4CCCN(C)C4)nc3c2)cnc1N. The first kappa shape index (κ1) is 25.6. The minimum Gasteiger partial charge on any atom is -0.383 e. The van der Waals surface area contributed by atoms with E-state index < -0.39 is 11.8 Å². The highest BCUT2D eigenvalue weighted by atomic mass is 32.1. The van der Waals surface area contributed by atoms with Crippen molar-refractivity contribution in [3.63, 3.8) is 0 Å². The van der Waals surface area contributed by atoms with Gasteiger partial charge in [-0.1, -0.05) is 19.9 Å². The lowest BCUT2D eigenvalue weighted by atomic mass is 9.89. The van der Waals surface area contributed by atoms with Crippen LogP contribution in [-0.2, 0) is 16.0 Å². The molecule has 0 aliphatic carbocycles. The number of likely N-dealkylation sites (N-methyl/N-ethyl adjacent to an activating group) is 1. The van der Waals surface area contributed by atoms with Gasteiger partial charge in [0.15, 0.2) is 0 Å². The monoisotopic (exact) mass is 520 g/mol. The Kier molecular flexibility index (Phi) is 7.44. The highest BCUT2D eigenvalue weighted by Crippen LogP contribution is 2.37. The molecule has 2 aromatic heterocycles. The highest BCUT2D eigenvalue weighted by Gasteiger charge is 2.34. The van der Waals surface area contributed by atoms with Gasteiger partial charge in [-0.05, 0) is 80.9 Å². The van der Waals surface area contributed by atoms with Crippen LogP contribution >= 0.6 is 11.3 Å². The molecule has 0 bridgehead atoms. The maximum Gasteiger partial charge on any atom is 0.313 e. The van der Waals surface area contributed by atoms with E-state index in [0.29, 0.717) is 36.3 Å². The molecule has 0 spiro atoms. The highest BCUT2D eigenvalue weighted by molar-refractivity contribution is 7.18. The maximum absolute atomic E-state index is 13.4. The molecular weight excluding hydrogens is 484 g/mol. The number of benzene rings is 1. The molecule has 196 valence electrons. The van der Waals surface area contributed by atoms with Crippen molar-refractivity contribution in [2.45, 2.75) is 57.9 Å². The van der Waals surface area contributed by atoms with Crippen LogP contribution in [0.15, 0.2) is 30.5 Å². The maximum atomic E-state index is 13.4. The second kappa shape index (κ2) is 10.8. The van der Waals surface area contributed by atoms with Crippen LogP contribution in [-0.4, -0.2) is 58.3 Å². The van der Waals surface area contributed by atoms with Crippen molar-refractivity contribution in [2.24, 2.45) is 5.92 Å². The van der Waals surface area contributed by atoms with Gasteiger partial charge in [0, 0.05) is 19.0 Å². The zero-order chi connectivity index (χ0) is 26.1. The Morgan fingerprint density at radius 3 is 2.81 bits per heavy atom. The van der Waals surface area contributed by atoms with Gasteiger partial charge in [-0.3, -0.25) is 9.59 Å². The van der Waals surface area contributed by atoms with Crippen LogP contribution in [0.2, 0.25) is 0 Å². The quantitative estimate of drug-likeness (QED) is 0.488. The molecule has 9 heteroatoms. The van der Waals surface area contributed by atoms with Crippen LogP contribution in [0.4, 0.5) is 11.5 Å². The van der Waals surface area contributed by atoms with Crippen molar-refractivity contribution in [2.75, 3.05) is 37.7 Å². The van der Waals surface area contributed by atoms with E-state index in [1.807, 2.05) is 6.92 Å². The number of amides is 2. The molecule has 3 N–H and O–H groups in total. The number of nitrogens with two attached hydrogens (primary N) is 1. The summed E-state index contributed by atoms with van der Waals surface area (Å²) >= 11 is 1.78. The van der Waals surface area contributed by atoms with Crippen molar-refractivity contribution < 1.29 is 9.59 Å². The van der Waals surface area contributed by atoms with Crippen LogP contribution in [0.5, 0.6) is 0 Å². The van der Waals surface area contributed by atoms with Crippen LogP contribution in [0.25, 0.3) is 10.2 Å². The Bertz CT molecular complexity index is 1310. The number of anilines is 2. The number of rotatable bonds is 4. The fraction of sp³-hybridized carbons (Fsp3) is 0.500. The molecule has 37 heavy (non-hydrogen) atoms. The first-order valence-electron chi connectivity index (χ1n) is 13.3. The van der Waals surface area contributed by atoms with Gasteiger partial charge in [-0.2, -0.15) is 0 Å². The van der Waals surface area contributed by atoms with Gasteiger partial charge >= 0.3 is 11.8 Å². The Hall–Kier alpha value is -3.04. The van der Waals surface area contributed by atoms with Crippen LogP contribution in [0.3, 0.4) is 0 Å². The Morgan fingerprint density at radius 2 is 2.03 bits per heavy atom. The number of piperidine rings is 2. The molecule has 0 radical (unpaired) electrons. The van der Waals surface area contributed by atoms with E-state index in [2.05, 4.69) is 47.4 Å². The Morgan fingerprint density at radius 1 is 1.19 bits per heavy atom. The van der Waals surface area contributed by atoms with E-state index in [9.17, 15) is 9.59 Å². The number of aryl methyl sites for hydroxylation is 1. The zero-order valence-electron chi connectivity index (χ0n) is 21.9. The summed E-state index contributed by atoms with van der Waals surface area (Å²) in [5.41, 5.74) is 9.24. The predicted molar refractivity (Wildman–Crippen MR) is 149 cm³/mol. The summed E-state index contributed by atoms with van der Waals surface area (Å²) in [4.78, 5) is 39.7. The van der Waals surface area contributed by atoms with Crippen molar-refractivity contribution >= 4 is 44.9 Å². The lowest BCUT2D eigenvalue weighted by molar-refractivity contribution is -0.146. The first-order valence-corrected chi connectivity index (χ1v) is 14.1. The lowest BCUT2D eigenvalue weighted by Crippen LogP contribution is -2.46. The smallest absolute Gasteiger partial charge is 0.313 e. The molecule has 1 aromatic carbocycles. The number of nitrogens with one attached hydrogen (secondary N) is 1. The normalized spacial score (nSPS) is 22.8. The van der Waals surface area contributed by atoms with Crippen molar-refractivity contribution in [1.29, 1.82) is 0 Å². The molecule has 3 aromatic rings. The van der Waals surface area contributed by atoms with Gasteiger partial charge in [0.1, 0.15) is 5.82 Å². The third-order valence-electron chi connectivity index (χ3n) is 7.70. The molecule has 8 nitrogen and oxygen atoms in total. The van der Waals surface area contributed by atoms with Gasteiger partial charge in [0.2, 0.25) is 0 Å². The second-order valence-corrected chi connectivity index (χ2v) is 11.7. The number of fused-ring (bicyclic) bond motifs is 1. The minimum atomic E-state index is -0.647. The summed E-state index contributed by atoms with van der Waals surface area (Å²) < 4.78 is 1.18. The number of likely N-dealkylation sites (tertiary alicyclic amines) is 2.